The Morgan fingerprint density at radius 2 is 1.72 bits per heavy atom. The first-order chi connectivity index (χ1) is 15.7. The fourth-order valence-electron chi connectivity index (χ4n) is 4.28. The number of para-hydroxylation sites is 1. The monoisotopic (exact) mass is 423 g/mol. The molecular weight excluding hydrogens is 398 g/mol. The predicted molar refractivity (Wildman–Crippen MR) is 126 cm³/mol. The van der Waals surface area contributed by atoms with Gasteiger partial charge in [0.15, 0.2) is 0 Å². The number of rotatable bonds is 5. The zero-order chi connectivity index (χ0) is 21.9. The van der Waals surface area contributed by atoms with Gasteiger partial charge in [0.05, 0.1) is 19.2 Å². The van der Waals surface area contributed by atoms with E-state index in [1.165, 1.54) is 5.56 Å². The molecule has 0 unspecified atom stereocenters. The number of carbonyl (C=O) groups is 1. The van der Waals surface area contributed by atoms with Crippen LogP contribution >= 0.6 is 0 Å². The van der Waals surface area contributed by atoms with E-state index in [1.807, 2.05) is 76.4 Å². The van der Waals surface area contributed by atoms with Crippen molar-refractivity contribution in [2.45, 2.75) is 19.4 Å². The fourth-order valence-corrected chi connectivity index (χ4v) is 4.28. The van der Waals surface area contributed by atoms with E-state index in [2.05, 4.69) is 18.2 Å². The molecule has 0 saturated heterocycles. The van der Waals surface area contributed by atoms with E-state index in [-0.39, 0.29) is 5.91 Å². The normalized spacial score (nSPS) is 13.0. The van der Waals surface area contributed by atoms with E-state index in [0.717, 1.165) is 35.4 Å². The van der Waals surface area contributed by atoms with Gasteiger partial charge in [0, 0.05) is 24.0 Å². The minimum absolute atomic E-state index is 0.0118. The maximum atomic E-state index is 13.8. The lowest BCUT2D eigenvalue weighted by Crippen LogP contribution is -2.35. The molecule has 4 aromatic rings. The molecule has 1 aliphatic heterocycles. The summed E-state index contributed by atoms with van der Waals surface area (Å²) in [6, 6.07) is 26.0. The molecule has 160 valence electrons. The second kappa shape index (κ2) is 8.71. The third-order valence-electron chi connectivity index (χ3n) is 5.90. The second-order valence-electron chi connectivity index (χ2n) is 7.99. The van der Waals surface area contributed by atoms with E-state index in [9.17, 15) is 4.79 Å². The van der Waals surface area contributed by atoms with Crippen LogP contribution in [0.15, 0.2) is 85.1 Å². The molecule has 0 fully saturated rings. The first kappa shape index (κ1) is 20.1. The maximum Gasteiger partial charge on any atom is 0.262 e. The largest absolute Gasteiger partial charge is 0.497 e. The summed E-state index contributed by atoms with van der Waals surface area (Å²) in [5.74, 6) is 0.762. The molecule has 0 N–H and O–H groups in total. The minimum Gasteiger partial charge on any atom is -0.497 e. The molecule has 0 atom stereocenters. The highest BCUT2D eigenvalue weighted by molar-refractivity contribution is 6.10. The van der Waals surface area contributed by atoms with Crippen molar-refractivity contribution in [3.05, 3.63) is 102 Å². The highest BCUT2D eigenvalue weighted by Gasteiger charge is 2.27. The fraction of sp³-hybridized carbons (Fsp3) is 0.185. The van der Waals surface area contributed by atoms with Gasteiger partial charge in [-0.1, -0.05) is 48.5 Å². The van der Waals surface area contributed by atoms with Crippen molar-refractivity contribution in [3.63, 3.8) is 0 Å². The molecule has 1 aliphatic rings. The maximum absolute atomic E-state index is 13.8. The lowest BCUT2D eigenvalue weighted by atomic mass is 10.00. The third-order valence-corrected chi connectivity index (χ3v) is 5.90. The van der Waals surface area contributed by atoms with Crippen LogP contribution in [0.4, 0.5) is 5.69 Å². The van der Waals surface area contributed by atoms with Crippen molar-refractivity contribution >= 4 is 11.6 Å². The third kappa shape index (κ3) is 3.89. The van der Waals surface area contributed by atoms with Crippen LogP contribution in [0.25, 0.3) is 11.3 Å². The van der Waals surface area contributed by atoms with Gasteiger partial charge in [-0.05, 0) is 54.3 Å². The molecule has 5 nitrogen and oxygen atoms in total. The standard InChI is InChI=1S/C27H25N3O2/c1-32-23-15-13-22(14-16-23)26-24(19-29(28-26)18-20-8-3-2-4-9-20)27(31)30-17-7-11-21-10-5-6-12-25(21)30/h2-6,8-10,12-16,19H,7,11,17-18H2,1H3. The Hall–Kier alpha value is -3.86. The molecule has 2 heterocycles. The summed E-state index contributed by atoms with van der Waals surface area (Å²) >= 11 is 0. The molecule has 1 aromatic heterocycles. The van der Waals surface area contributed by atoms with Crippen LogP contribution in [0.1, 0.15) is 27.9 Å². The van der Waals surface area contributed by atoms with Crippen LogP contribution in [0.2, 0.25) is 0 Å². The van der Waals surface area contributed by atoms with Crippen LogP contribution in [-0.2, 0) is 13.0 Å². The Morgan fingerprint density at radius 1 is 0.969 bits per heavy atom. The number of aromatic nitrogens is 2. The quantitative estimate of drug-likeness (QED) is 0.443. The molecule has 32 heavy (non-hydrogen) atoms. The van der Waals surface area contributed by atoms with Crippen LogP contribution < -0.4 is 9.64 Å². The lowest BCUT2D eigenvalue weighted by molar-refractivity contribution is 0.0985. The van der Waals surface area contributed by atoms with Gasteiger partial charge in [0.2, 0.25) is 0 Å². The van der Waals surface area contributed by atoms with Crippen molar-refractivity contribution in [2.24, 2.45) is 0 Å². The summed E-state index contributed by atoms with van der Waals surface area (Å²) < 4.78 is 7.16. The summed E-state index contributed by atoms with van der Waals surface area (Å²) in [4.78, 5) is 15.7. The lowest BCUT2D eigenvalue weighted by Gasteiger charge is -2.29. The summed E-state index contributed by atoms with van der Waals surface area (Å²) in [5.41, 5.74) is 5.55. The minimum atomic E-state index is -0.0118. The molecule has 1 amide bonds. The van der Waals surface area contributed by atoms with Gasteiger partial charge in [-0.2, -0.15) is 5.10 Å². The van der Waals surface area contributed by atoms with Crippen molar-refractivity contribution in [1.29, 1.82) is 0 Å². The molecule has 0 saturated carbocycles. The first-order valence-electron chi connectivity index (χ1n) is 10.9. The van der Waals surface area contributed by atoms with Gasteiger partial charge in [0.25, 0.3) is 5.91 Å². The molecule has 0 aliphatic carbocycles. The number of benzene rings is 3. The zero-order valence-corrected chi connectivity index (χ0v) is 18.1. The predicted octanol–water partition coefficient (Wildman–Crippen LogP) is 5.20. The Balaban J connectivity index is 1.56. The average molecular weight is 424 g/mol. The van der Waals surface area contributed by atoms with Crippen molar-refractivity contribution in [1.82, 2.24) is 9.78 Å². The Morgan fingerprint density at radius 3 is 2.50 bits per heavy atom. The average Bonchev–Trinajstić information content (AvgIpc) is 3.27. The molecule has 0 bridgehead atoms. The summed E-state index contributed by atoms with van der Waals surface area (Å²) in [5, 5.41) is 4.83. The highest BCUT2D eigenvalue weighted by Crippen LogP contribution is 2.31. The van der Waals surface area contributed by atoms with E-state index in [0.29, 0.717) is 24.3 Å². The number of carbonyl (C=O) groups excluding carboxylic acids is 1. The number of aryl methyl sites for hydroxylation is 1. The van der Waals surface area contributed by atoms with Crippen molar-refractivity contribution in [3.8, 4) is 17.0 Å². The molecule has 0 spiro atoms. The Labute approximate surface area is 187 Å². The number of anilines is 1. The topological polar surface area (TPSA) is 47.4 Å². The number of hydrogen-bond donors (Lipinski definition) is 0. The van der Waals surface area contributed by atoms with Gasteiger partial charge in [0.1, 0.15) is 11.4 Å². The van der Waals surface area contributed by atoms with Crippen molar-refractivity contribution in [2.75, 3.05) is 18.6 Å². The van der Waals surface area contributed by atoms with Gasteiger partial charge in [-0.3, -0.25) is 9.48 Å². The number of nitrogens with zero attached hydrogens (tertiary/aromatic N) is 3. The molecule has 0 radical (unpaired) electrons. The van der Waals surface area contributed by atoms with E-state index < -0.39 is 0 Å². The number of fused-ring (bicyclic) bond motifs is 1. The van der Waals surface area contributed by atoms with Crippen LogP contribution in [-0.4, -0.2) is 29.3 Å². The van der Waals surface area contributed by atoms with Gasteiger partial charge < -0.3 is 9.64 Å². The van der Waals surface area contributed by atoms with Gasteiger partial charge in [-0.25, -0.2) is 0 Å². The van der Waals surface area contributed by atoms with Crippen LogP contribution in [0, 0.1) is 0 Å². The zero-order valence-electron chi connectivity index (χ0n) is 18.1. The molecule has 3 aromatic carbocycles. The second-order valence-corrected chi connectivity index (χ2v) is 7.99. The molecule has 5 rings (SSSR count). The number of amides is 1. The van der Waals surface area contributed by atoms with Crippen molar-refractivity contribution < 1.29 is 9.53 Å². The first-order valence-corrected chi connectivity index (χ1v) is 10.9. The molecule has 5 heteroatoms. The van der Waals surface area contributed by atoms with E-state index in [4.69, 9.17) is 9.84 Å². The van der Waals surface area contributed by atoms with E-state index in [1.54, 1.807) is 7.11 Å². The summed E-state index contributed by atoms with van der Waals surface area (Å²) in [6.07, 6.45) is 3.84. The van der Waals surface area contributed by atoms with Crippen LogP contribution in [0.5, 0.6) is 5.75 Å². The summed E-state index contributed by atoms with van der Waals surface area (Å²) in [6.45, 7) is 1.32. The van der Waals surface area contributed by atoms with E-state index >= 15 is 0 Å². The number of methoxy groups -OCH3 is 1. The Bertz CT molecular complexity index is 1230. The smallest absolute Gasteiger partial charge is 0.262 e. The SMILES string of the molecule is COc1ccc(-c2nn(Cc3ccccc3)cc2C(=O)N2CCCc3ccccc32)cc1. The highest BCUT2D eigenvalue weighted by atomic mass is 16.5. The number of hydrogen-bond acceptors (Lipinski definition) is 3. The molecular formula is C27H25N3O2. The van der Waals surface area contributed by atoms with Gasteiger partial charge in [-0.15, -0.1) is 0 Å². The van der Waals surface area contributed by atoms with Crippen LogP contribution in [0.3, 0.4) is 0 Å². The number of ether oxygens (including phenoxy) is 1. The Kier molecular flexibility index (Phi) is 5.46. The van der Waals surface area contributed by atoms with Gasteiger partial charge >= 0.3 is 0 Å². The summed E-state index contributed by atoms with van der Waals surface area (Å²) in [7, 11) is 1.65.